The summed E-state index contributed by atoms with van der Waals surface area (Å²) in [5.74, 6) is -8.16. The van der Waals surface area contributed by atoms with E-state index in [1.807, 2.05) is 0 Å². The topological polar surface area (TPSA) is 438 Å². The first-order valence-electron chi connectivity index (χ1n) is 21.7. The summed E-state index contributed by atoms with van der Waals surface area (Å²) in [6, 6.07) is 9.64. The van der Waals surface area contributed by atoms with Crippen molar-refractivity contribution in [1.29, 1.82) is 0 Å². The molecule has 3 aromatic carbocycles. The van der Waals surface area contributed by atoms with Crippen LogP contribution in [0.25, 0.3) is 12.2 Å². The van der Waals surface area contributed by atoms with Gasteiger partial charge < -0.3 is 119 Å². The Balaban J connectivity index is 1.23. The molecule has 27 nitrogen and oxygen atoms in total. The quantitative estimate of drug-likeness (QED) is 0.0375. The number of ether oxygens (including phenoxy) is 9. The van der Waals surface area contributed by atoms with Crippen molar-refractivity contribution in [1.82, 2.24) is 0 Å². The number of hydrogen-bond acceptors (Lipinski definition) is 26. The number of aromatic hydroxyl groups is 4. The molecule has 7 rings (SSSR count). The number of carbonyl (C=O) groups is 3. The third-order valence-electron chi connectivity index (χ3n) is 11.6. The number of aliphatic carboxylic acids is 1. The Kier molecular flexibility index (Phi) is 16.6. The predicted octanol–water partition coefficient (Wildman–Crippen LogP) is -3.55. The monoisotopic (exact) mass is 1020 g/mol. The standard InChI is InChI=1S/C45H50O27/c46-13-26-33(55)36(58)39(61)43(70-26)67-23-7-17(8-24(32(23)54)68-44-40(62)37(59)34(56)27(71-44)14-64-30(52)6-3-16-1-4-18(47)5-2-16)42-25(11-20-21(49)9-19(48)10-22(20)66-42)69-45-41(63)38(60)35(57)28(72-45)15-65-31(53)12-29(50)51/h1-11,26-28,33-49,54-63H,12-15H2,(H,50,51). The molecule has 72 heavy (non-hydrogen) atoms. The summed E-state index contributed by atoms with van der Waals surface area (Å²) in [6.07, 6.45) is -28.5. The highest BCUT2D eigenvalue weighted by atomic mass is 16.7. The fourth-order valence-electron chi connectivity index (χ4n) is 7.67. The zero-order valence-electron chi connectivity index (χ0n) is 37.0. The van der Waals surface area contributed by atoms with Gasteiger partial charge >= 0.3 is 17.9 Å². The molecule has 0 radical (unpaired) electrons. The Labute approximate surface area is 404 Å². The normalized spacial score (nSPS) is 32.4. The first kappa shape index (κ1) is 53.2. The summed E-state index contributed by atoms with van der Waals surface area (Å²) in [5.41, 5.74) is 0.0496. The molecular weight excluding hydrogens is 972 g/mol. The maximum Gasteiger partial charge on any atom is 0.330 e. The van der Waals surface area contributed by atoms with Crippen LogP contribution in [0.4, 0.5) is 0 Å². The van der Waals surface area contributed by atoms with Crippen molar-refractivity contribution in [2.75, 3.05) is 19.8 Å². The van der Waals surface area contributed by atoms with Crippen LogP contribution in [0.3, 0.4) is 0 Å². The van der Waals surface area contributed by atoms with Crippen LogP contribution in [0, 0.1) is 0 Å². The molecule has 3 fully saturated rings. The van der Waals surface area contributed by atoms with Gasteiger partial charge in [0.2, 0.25) is 24.6 Å². The second-order valence-corrected chi connectivity index (χ2v) is 16.7. The van der Waals surface area contributed by atoms with E-state index in [-0.39, 0.29) is 22.6 Å². The third-order valence-corrected chi connectivity index (χ3v) is 11.6. The molecule has 16 atom stereocenters. The average Bonchev–Trinajstić information content (AvgIpc) is 3.34. The van der Waals surface area contributed by atoms with Gasteiger partial charge in [0.05, 0.1) is 12.2 Å². The first-order valence-corrected chi connectivity index (χ1v) is 21.7. The molecule has 0 aromatic heterocycles. The van der Waals surface area contributed by atoms with Crippen molar-refractivity contribution in [3.8, 4) is 40.2 Å². The van der Waals surface area contributed by atoms with Gasteiger partial charge in [0.25, 0.3) is 0 Å². The maximum atomic E-state index is 12.6. The third kappa shape index (κ3) is 11.9. The number of carboxylic acids is 1. The second-order valence-electron chi connectivity index (χ2n) is 16.7. The Morgan fingerprint density at radius 1 is 0.597 bits per heavy atom. The van der Waals surface area contributed by atoms with Gasteiger partial charge in [0.1, 0.15) is 122 Å². The molecule has 4 heterocycles. The summed E-state index contributed by atoms with van der Waals surface area (Å²) in [4.78, 5) is 35.6. The van der Waals surface area contributed by atoms with E-state index >= 15 is 0 Å². The molecule has 0 amide bonds. The lowest BCUT2D eigenvalue weighted by molar-refractivity contribution is -0.294. The van der Waals surface area contributed by atoms with Crippen LogP contribution in [0.2, 0.25) is 0 Å². The van der Waals surface area contributed by atoms with Gasteiger partial charge in [-0.3, -0.25) is 9.59 Å². The highest BCUT2D eigenvalue weighted by molar-refractivity contribution is 5.90. The lowest BCUT2D eigenvalue weighted by Crippen LogP contribution is -2.60. The average molecular weight is 1020 g/mol. The molecule has 16 unspecified atom stereocenters. The van der Waals surface area contributed by atoms with Gasteiger partial charge in [0.15, 0.2) is 17.6 Å². The number of carbonyl (C=O) groups excluding carboxylic acids is 2. The van der Waals surface area contributed by atoms with E-state index < -0.39 is 177 Å². The minimum absolute atomic E-state index is 0.0239. The number of benzene rings is 3. The minimum Gasteiger partial charge on any atom is -0.508 e. The van der Waals surface area contributed by atoms with E-state index in [1.54, 1.807) is 0 Å². The van der Waals surface area contributed by atoms with E-state index in [0.29, 0.717) is 5.56 Å². The SMILES string of the molecule is O=C(O)CC(=O)OCC1OC(OC2=Cc3c(O)cc(O)cc3OC2c2cc(OC3OC(CO)C(O)C(O)C3O)c(O)c(OC3OC(COC(=O)C=Cc4ccc(O)cc4)C(O)C(O)C3O)c2)C(O)C(O)C1O. The number of rotatable bonds is 16. The van der Waals surface area contributed by atoms with Crippen molar-refractivity contribution in [2.45, 2.75) is 105 Å². The van der Waals surface area contributed by atoms with Gasteiger partial charge in [0, 0.05) is 23.8 Å². The number of esters is 2. The summed E-state index contributed by atoms with van der Waals surface area (Å²) in [5, 5.41) is 158. The Hall–Kier alpha value is -6.57. The molecule has 15 N–H and O–H groups in total. The predicted molar refractivity (Wildman–Crippen MR) is 230 cm³/mol. The van der Waals surface area contributed by atoms with Crippen LogP contribution >= 0.6 is 0 Å². The summed E-state index contributed by atoms with van der Waals surface area (Å²) in [7, 11) is 0. The molecule has 0 saturated carbocycles. The molecule has 4 aliphatic heterocycles. The number of aliphatic hydroxyl groups is 10. The van der Waals surface area contributed by atoms with Gasteiger partial charge in [-0.1, -0.05) is 12.1 Å². The molecule has 4 aliphatic rings. The van der Waals surface area contributed by atoms with Crippen LogP contribution in [0.5, 0.6) is 40.2 Å². The number of phenols is 4. The Morgan fingerprint density at radius 2 is 1.11 bits per heavy atom. The van der Waals surface area contributed by atoms with Gasteiger partial charge in [-0.2, -0.15) is 0 Å². The van der Waals surface area contributed by atoms with E-state index in [0.717, 1.165) is 36.4 Å². The molecule has 3 aromatic rings. The molecule has 0 bridgehead atoms. The van der Waals surface area contributed by atoms with E-state index in [9.17, 15) is 85.9 Å². The van der Waals surface area contributed by atoms with E-state index in [1.165, 1.54) is 30.3 Å². The van der Waals surface area contributed by atoms with Crippen LogP contribution in [0.15, 0.2) is 60.4 Å². The molecular formula is C45H50O27. The molecule has 0 aliphatic carbocycles. The van der Waals surface area contributed by atoms with Crippen molar-refractivity contribution in [3.63, 3.8) is 0 Å². The van der Waals surface area contributed by atoms with E-state index in [4.69, 9.17) is 47.7 Å². The first-order chi connectivity index (χ1) is 34.1. The maximum absolute atomic E-state index is 12.6. The van der Waals surface area contributed by atoms with Gasteiger partial charge in [-0.25, -0.2) is 4.79 Å². The molecule has 0 spiro atoms. The number of fused-ring (bicyclic) bond motifs is 1. The fraction of sp³-hybridized carbons (Fsp3) is 0.444. The zero-order chi connectivity index (χ0) is 52.3. The smallest absolute Gasteiger partial charge is 0.330 e. The zero-order valence-corrected chi connectivity index (χ0v) is 37.0. The largest absolute Gasteiger partial charge is 0.508 e. The Bertz CT molecular complexity index is 2480. The summed E-state index contributed by atoms with van der Waals surface area (Å²) < 4.78 is 50.7. The van der Waals surface area contributed by atoms with Crippen molar-refractivity contribution >= 4 is 30.1 Å². The lowest BCUT2D eigenvalue weighted by atomic mass is 9.98. The minimum atomic E-state index is -2.13. The van der Waals surface area contributed by atoms with E-state index in [2.05, 4.69) is 0 Å². The van der Waals surface area contributed by atoms with Crippen LogP contribution < -0.4 is 14.2 Å². The fourth-order valence-corrected chi connectivity index (χ4v) is 7.67. The number of aliphatic hydroxyl groups excluding tert-OH is 10. The lowest BCUT2D eigenvalue weighted by Gasteiger charge is -2.41. The summed E-state index contributed by atoms with van der Waals surface area (Å²) >= 11 is 0. The van der Waals surface area contributed by atoms with Crippen molar-refractivity contribution in [3.05, 3.63) is 77.1 Å². The second kappa shape index (κ2) is 22.5. The molecule has 3 saturated heterocycles. The van der Waals surface area contributed by atoms with Crippen LogP contribution in [-0.2, 0) is 42.8 Å². The van der Waals surface area contributed by atoms with Crippen LogP contribution in [-0.4, -0.2) is 206 Å². The Morgan fingerprint density at radius 3 is 1.65 bits per heavy atom. The van der Waals surface area contributed by atoms with Crippen molar-refractivity contribution in [2.24, 2.45) is 0 Å². The molecule has 392 valence electrons. The highest BCUT2D eigenvalue weighted by Gasteiger charge is 2.49. The number of carboxylic acid groups (broad SMARTS) is 1. The highest BCUT2D eigenvalue weighted by Crippen LogP contribution is 2.48. The van der Waals surface area contributed by atoms with Gasteiger partial charge in [-0.15, -0.1) is 0 Å². The van der Waals surface area contributed by atoms with Crippen molar-refractivity contribution < 1.29 is 134 Å². The molecule has 27 heteroatoms. The number of phenolic OH excluding ortho intramolecular Hbond substituents is 4. The number of hydrogen-bond donors (Lipinski definition) is 15. The summed E-state index contributed by atoms with van der Waals surface area (Å²) in [6.45, 7) is -2.53. The van der Waals surface area contributed by atoms with Gasteiger partial charge in [-0.05, 0) is 42.0 Å². The van der Waals surface area contributed by atoms with Crippen LogP contribution in [0.1, 0.15) is 29.2 Å².